The van der Waals surface area contributed by atoms with Gasteiger partial charge < -0.3 is 0 Å². The fourth-order valence-corrected chi connectivity index (χ4v) is 1.64. The Bertz CT molecular complexity index is 222. The SMILES string of the molecule is N#CC1CC(C#N)CC(C#N)C1. The molecule has 0 aliphatic heterocycles. The van der Waals surface area contributed by atoms with E-state index in [4.69, 9.17) is 15.8 Å². The fourth-order valence-electron chi connectivity index (χ4n) is 1.64. The highest BCUT2D eigenvalue weighted by Crippen LogP contribution is 2.32. The lowest BCUT2D eigenvalue weighted by Gasteiger charge is -2.23. The Morgan fingerprint density at radius 2 is 0.917 bits per heavy atom. The first kappa shape index (κ1) is 8.57. The van der Waals surface area contributed by atoms with E-state index in [1.165, 1.54) is 0 Å². The van der Waals surface area contributed by atoms with Crippen molar-refractivity contribution in [1.82, 2.24) is 0 Å². The molecule has 0 aromatic rings. The monoisotopic (exact) mass is 159 g/mol. The lowest BCUT2D eigenvalue weighted by molar-refractivity contribution is 0.311. The molecular formula is C9H9N3. The Balaban J connectivity index is 2.63. The second kappa shape index (κ2) is 3.74. The average molecular weight is 159 g/mol. The Kier molecular flexibility index (Phi) is 2.67. The van der Waals surface area contributed by atoms with Gasteiger partial charge in [-0.25, -0.2) is 0 Å². The van der Waals surface area contributed by atoms with Crippen LogP contribution in [0.4, 0.5) is 0 Å². The summed E-state index contributed by atoms with van der Waals surface area (Å²) in [5.74, 6) is -0.269. The van der Waals surface area contributed by atoms with Gasteiger partial charge in [0, 0.05) is 17.8 Å². The van der Waals surface area contributed by atoms with Crippen molar-refractivity contribution in [2.45, 2.75) is 19.3 Å². The summed E-state index contributed by atoms with van der Waals surface area (Å²) in [6.07, 6.45) is 1.93. The van der Waals surface area contributed by atoms with Crippen molar-refractivity contribution in [1.29, 1.82) is 15.8 Å². The van der Waals surface area contributed by atoms with Gasteiger partial charge in [-0.05, 0) is 19.3 Å². The number of nitrogens with zero attached hydrogens (tertiary/aromatic N) is 3. The van der Waals surface area contributed by atoms with Gasteiger partial charge in [-0.2, -0.15) is 15.8 Å². The first-order valence-electron chi connectivity index (χ1n) is 3.99. The molecule has 1 aliphatic rings. The molecule has 1 rings (SSSR count). The predicted octanol–water partition coefficient (Wildman–Crippen LogP) is 1.59. The van der Waals surface area contributed by atoms with E-state index in [1.54, 1.807) is 0 Å². The van der Waals surface area contributed by atoms with Crippen molar-refractivity contribution in [3.05, 3.63) is 0 Å². The van der Waals surface area contributed by atoms with Gasteiger partial charge in [-0.15, -0.1) is 0 Å². The van der Waals surface area contributed by atoms with Crippen molar-refractivity contribution in [3.63, 3.8) is 0 Å². The summed E-state index contributed by atoms with van der Waals surface area (Å²) in [7, 11) is 0. The maximum Gasteiger partial charge on any atom is 0.0656 e. The summed E-state index contributed by atoms with van der Waals surface area (Å²) < 4.78 is 0. The van der Waals surface area contributed by atoms with Gasteiger partial charge in [-0.3, -0.25) is 0 Å². The molecule has 60 valence electrons. The molecule has 12 heavy (non-hydrogen) atoms. The molecule has 1 fully saturated rings. The smallest absolute Gasteiger partial charge is 0.0656 e. The normalized spacial score (nSPS) is 34.2. The van der Waals surface area contributed by atoms with E-state index < -0.39 is 0 Å². The quantitative estimate of drug-likeness (QED) is 0.538. The van der Waals surface area contributed by atoms with E-state index in [-0.39, 0.29) is 17.8 Å². The zero-order chi connectivity index (χ0) is 8.97. The summed E-state index contributed by atoms with van der Waals surface area (Å²) in [5, 5.41) is 25.9. The fraction of sp³-hybridized carbons (Fsp3) is 0.667. The predicted molar refractivity (Wildman–Crippen MR) is 41.2 cm³/mol. The van der Waals surface area contributed by atoms with Gasteiger partial charge in [0.2, 0.25) is 0 Å². The number of hydrogen-bond acceptors (Lipinski definition) is 3. The van der Waals surface area contributed by atoms with Crippen molar-refractivity contribution >= 4 is 0 Å². The lowest BCUT2D eigenvalue weighted by Crippen LogP contribution is -2.20. The van der Waals surface area contributed by atoms with Crippen LogP contribution in [0.15, 0.2) is 0 Å². The van der Waals surface area contributed by atoms with Crippen LogP contribution in [0.2, 0.25) is 0 Å². The van der Waals surface area contributed by atoms with Crippen LogP contribution in [0.5, 0.6) is 0 Å². The molecule has 0 amide bonds. The van der Waals surface area contributed by atoms with Crippen molar-refractivity contribution in [3.8, 4) is 18.2 Å². The van der Waals surface area contributed by atoms with Crippen LogP contribution in [0, 0.1) is 51.7 Å². The Morgan fingerprint density at radius 3 is 1.08 bits per heavy atom. The molecule has 0 bridgehead atoms. The van der Waals surface area contributed by atoms with E-state index in [2.05, 4.69) is 18.2 Å². The van der Waals surface area contributed by atoms with Crippen LogP contribution in [0.3, 0.4) is 0 Å². The highest BCUT2D eigenvalue weighted by molar-refractivity contribution is 5.02. The molecule has 0 radical (unpaired) electrons. The van der Waals surface area contributed by atoms with E-state index in [0.29, 0.717) is 19.3 Å². The van der Waals surface area contributed by atoms with Gasteiger partial charge in [-0.1, -0.05) is 0 Å². The van der Waals surface area contributed by atoms with E-state index in [9.17, 15) is 0 Å². The molecule has 0 spiro atoms. The maximum absolute atomic E-state index is 8.65. The minimum atomic E-state index is -0.0898. The number of rotatable bonds is 0. The molecule has 0 unspecified atom stereocenters. The Morgan fingerprint density at radius 1 is 0.667 bits per heavy atom. The van der Waals surface area contributed by atoms with Gasteiger partial charge in [0.15, 0.2) is 0 Å². The largest absolute Gasteiger partial charge is 0.198 e. The van der Waals surface area contributed by atoms with Gasteiger partial charge in [0.25, 0.3) is 0 Å². The Labute approximate surface area is 71.8 Å². The lowest BCUT2D eigenvalue weighted by atomic mass is 9.77. The molecule has 0 N–H and O–H groups in total. The topological polar surface area (TPSA) is 71.4 Å². The van der Waals surface area contributed by atoms with Crippen LogP contribution in [-0.2, 0) is 0 Å². The molecule has 3 heteroatoms. The van der Waals surface area contributed by atoms with Crippen molar-refractivity contribution < 1.29 is 0 Å². The molecule has 0 aromatic carbocycles. The standard InChI is InChI=1S/C9H9N3/c10-4-7-1-8(5-11)3-9(2-7)6-12/h7-9H,1-3H2. The average Bonchev–Trinajstić information content (AvgIpc) is 2.16. The molecule has 0 saturated heterocycles. The third-order valence-electron chi connectivity index (χ3n) is 2.25. The minimum absolute atomic E-state index is 0.0898. The zero-order valence-electron chi connectivity index (χ0n) is 6.70. The van der Waals surface area contributed by atoms with E-state index >= 15 is 0 Å². The minimum Gasteiger partial charge on any atom is -0.198 e. The molecular weight excluding hydrogens is 150 g/mol. The third-order valence-corrected chi connectivity index (χ3v) is 2.25. The third kappa shape index (κ3) is 1.74. The van der Waals surface area contributed by atoms with Gasteiger partial charge in [0.05, 0.1) is 18.2 Å². The zero-order valence-corrected chi connectivity index (χ0v) is 6.70. The highest BCUT2D eigenvalue weighted by atomic mass is 14.4. The van der Waals surface area contributed by atoms with Crippen molar-refractivity contribution in [2.75, 3.05) is 0 Å². The van der Waals surface area contributed by atoms with Crippen LogP contribution in [0.25, 0.3) is 0 Å². The highest BCUT2D eigenvalue weighted by Gasteiger charge is 2.28. The maximum atomic E-state index is 8.65. The molecule has 0 heterocycles. The molecule has 0 atom stereocenters. The first-order chi connectivity index (χ1) is 5.80. The second-order valence-corrected chi connectivity index (χ2v) is 3.19. The van der Waals surface area contributed by atoms with Gasteiger partial charge in [0.1, 0.15) is 0 Å². The van der Waals surface area contributed by atoms with Crippen LogP contribution < -0.4 is 0 Å². The van der Waals surface area contributed by atoms with Crippen LogP contribution in [0.1, 0.15) is 19.3 Å². The Hall–Kier alpha value is -1.53. The summed E-state index contributed by atoms with van der Waals surface area (Å²) in [6, 6.07) is 6.39. The molecule has 0 aromatic heterocycles. The summed E-state index contributed by atoms with van der Waals surface area (Å²) in [5.41, 5.74) is 0. The van der Waals surface area contributed by atoms with Crippen LogP contribution in [-0.4, -0.2) is 0 Å². The summed E-state index contributed by atoms with van der Waals surface area (Å²) in [6.45, 7) is 0. The van der Waals surface area contributed by atoms with E-state index in [1.807, 2.05) is 0 Å². The molecule has 3 nitrogen and oxygen atoms in total. The first-order valence-corrected chi connectivity index (χ1v) is 3.99. The second-order valence-electron chi connectivity index (χ2n) is 3.19. The summed E-state index contributed by atoms with van der Waals surface area (Å²) >= 11 is 0. The van der Waals surface area contributed by atoms with Crippen molar-refractivity contribution in [2.24, 2.45) is 17.8 Å². The molecule has 1 saturated carbocycles. The van der Waals surface area contributed by atoms with Crippen LogP contribution >= 0.6 is 0 Å². The summed E-state index contributed by atoms with van der Waals surface area (Å²) in [4.78, 5) is 0. The van der Waals surface area contributed by atoms with E-state index in [0.717, 1.165) is 0 Å². The molecule has 1 aliphatic carbocycles. The number of hydrogen-bond donors (Lipinski definition) is 0. The van der Waals surface area contributed by atoms with Gasteiger partial charge >= 0.3 is 0 Å². The number of nitriles is 3.